The topological polar surface area (TPSA) is 9.23 Å². The van der Waals surface area contributed by atoms with E-state index in [1.54, 1.807) is 16.7 Å². The van der Waals surface area contributed by atoms with E-state index in [1.807, 2.05) is 0 Å². The molecule has 0 aromatic carbocycles. The summed E-state index contributed by atoms with van der Waals surface area (Å²) in [5.41, 5.74) is 4.90. The van der Waals surface area contributed by atoms with Gasteiger partial charge in [0.15, 0.2) is 0 Å². The van der Waals surface area contributed by atoms with Crippen LogP contribution in [0.25, 0.3) is 0 Å². The lowest BCUT2D eigenvalue weighted by atomic mass is 9.92. The van der Waals surface area contributed by atoms with Gasteiger partial charge in [0.1, 0.15) is 5.76 Å². The van der Waals surface area contributed by atoms with Crippen LogP contribution < -0.4 is 0 Å². The third-order valence-corrected chi connectivity index (χ3v) is 3.31. The zero-order valence-corrected chi connectivity index (χ0v) is 7.36. The van der Waals surface area contributed by atoms with Crippen molar-refractivity contribution in [3.8, 4) is 0 Å². The minimum Gasteiger partial charge on any atom is -0.493 e. The Kier molecular flexibility index (Phi) is 1.34. The van der Waals surface area contributed by atoms with Crippen LogP contribution in [0.1, 0.15) is 38.5 Å². The molecule has 3 aliphatic rings. The number of hydrogen-bond acceptors (Lipinski definition) is 1. The second kappa shape index (κ2) is 2.38. The number of ether oxygens (including phenoxy) is 1. The van der Waals surface area contributed by atoms with Crippen LogP contribution in [0.2, 0.25) is 0 Å². The van der Waals surface area contributed by atoms with Crippen LogP contribution in [0.15, 0.2) is 22.5 Å². The molecule has 1 nitrogen and oxygen atoms in total. The van der Waals surface area contributed by atoms with Crippen molar-refractivity contribution < 1.29 is 4.74 Å². The quantitative estimate of drug-likeness (QED) is 0.532. The maximum absolute atomic E-state index is 5.69. The molecule has 3 rings (SSSR count). The van der Waals surface area contributed by atoms with Gasteiger partial charge in [-0.25, -0.2) is 0 Å². The van der Waals surface area contributed by atoms with Crippen LogP contribution >= 0.6 is 0 Å². The van der Waals surface area contributed by atoms with E-state index < -0.39 is 0 Å². The summed E-state index contributed by atoms with van der Waals surface area (Å²) in [7, 11) is 0. The van der Waals surface area contributed by atoms with E-state index in [-0.39, 0.29) is 0 Å². The Morgan fingerprint density at radius 1 is 0.833 bits per heavy atom. The van der Waals surface area contributed by atoms with Gasteiger partial charge in [-0.05, 0) is 43.3 Å². The lowest BCUT2D eigenvalue weighted by molar-refractivity contribution is 0.250. The van der Waals surface area contributed by atoms with Crippen LogP contribution in [0, 0.1) is 0 Å². The van der Waals surface area contributed by atoms with Gasteiger partial charge in [-0.15, -0.1) is 0 Å². The van der Waals surface area contributed by atoms with E-state index in [9.17, 15) is 0 Å². The lowest BCUT2D eigenvalue weighted by Gasteiger charge is -2.15. The summed E-state index contributed by atoms with van der Waals surface area (Å²) in [5.74, 6) is 1.31. The summed E-state index contributed by atoms with van der Waals surface area (Å²) in [6.45, 7) is 0.946. The molecule has 0 unspecified atom stereocenters. The van der Waals surface area contributed by atoms with Crippen molar-refractivity contribution in [3.63, 3.8) is 0 Å². The Morgan fingerprint density at radius 3 is 2.75 bits per heavy atom. The molecule has 0 N–H and O–H groups in total. The van der Waals surface area contributed by atoms with Gasteiger partial charge < -0.3 is 4.74 Å². The largest absolute Gasteiger partial charge is 0.493 e. The molecule has 0 amide bonds. The molecule has 0 spiro atoms. The van der Waals surface area contributed by atoms with Gasteiger partial charge in [0.05, 0.1) is 6.61 Å². The first-order valence-electron chi connectivity index (χ1n) is 5.01. The maximum atomic E-state index is 5.69. The maximum Gasteiger partial charge on any atom is 0.121 e. The van der Waals surface area contributed by atoms with Gasteiger partial charge in [0.2, 0.25) is 0 Å². The van der Waals surface area contributed by atoms with Crippen molar-refractivity contribution in [3.05, 3.63) is 22.5 Å². The van der Waals surface area contributed by atoms with Crippen LogP contribution in [0.5, 0.6) is 0 Å². The van der Waals surface area contributed by atoms with Crippen molar-refractivity contribution in [2.75, 3.05) is 6.61 Å². The third kappa shape index (κ3) is 0.796. The third-order valence-electron chi connectivity index (χ3n) is 3.31. The number of hydrogen-bond donors (Lipinski definition) is 0. The van der Waals surface area contributed by atoms with Gasteiger partial charge in [0.25, 0.3) is 0 Å². The second-order valence-corrected chi connectivity index (χ2v) is 3.97. The molecule has 0 fully saturated rings. The van der Waals surface area contributed by atoms with Gasteiger partial charge in [-0.2, -0.15) is 0 Å². The summed E-state index contributed by atoms with van der Waals surface area (Å²) in [6.07, 6.45) is 7.81. The molecular formula is C11H14O. The number of allylic oxidation sites excluding steroid dienone is 2. The van der Waals surface area contributed by atoms with Crippen molar-refractivity contribution >= 4 is 0 Å². The van der Waals surface area contributed by atoms with Gasteiger partial charge in [0, 0.05) is 6.42 Å². The predicted molar refractivity (Wildman–Crippen MR) is 47.7 cm³/mol. The fourth-order valence-electron chi connectivity index (χ4n) is 2.69. The standard InChI is InChI=1S/C11H14O/c1-2-8-4-5-9-6-7-12-11(9)10(8)3-1/h1-7H2. The summed E-state index contributed by atoms with van der Waals surface area (Å²) in [4.78, 5) is 0. The minimum atomic E-state index is 0.946. The number of rotatable bonds is 0. The minimum absolute atomic E-state index is 0.946. The Hall–Kier alpha value is -0.720. The molecule has 0 aromatic heterocycles. The monoisotopic (exact) mass is 162 g/mol. The molecular weight excluding hydrogens is 148 g/mol. The van der Waals surface area contributed by atoms with Gasteiger partial charge in [-0.3, -0.25) is 0 Å². The van der Waals surface area contributed by atoms with E-state index in [0.29, 0.717) is 0 Å². The van der Waals surface area contributed by atoms with Crippen LogP contribution in [0.4, 0.5) is 0 Å². The van der Waals surface area contributed by atoms with Crippen LogP contribution in [-0.4, -0.2) is 6.61 Å². The first-order valence-corrected chi connectivity index (χ1v) is 5.01. The van der Waals surface area contributed by atoms with Gasteiger partial charge >= 0.3 is 0 Å². The van der Waals surface area contributed by atoms with Crippen LogP contribution in [0.3, 0.4) is 0 Å². The summed E-state index contributed by atoms with van der Waals surface area (Å²) in [5, 5.41) is 0. The highest BCUT2D eigenvalue weighted by Gasteiger charge is 2.28. The van der Waals surface area contributed by atoms with Crippen molar-refractivity contribution in [1.82, 2.24) is 0 Å². The van der Waals surface area contributed by atoms with Crippen LogP contribution in [-0.2, 0) is 4.74 Å². The highest BCUT2D eigenvalue weighted by atomic mass is 16.5. The lowest BCUT2D eigenvalue weighted by Crippen LogP contribution is -1.99. The normalized spacial score (nSPS) is 27.3. The zero-order chi connectivity index (χ0) is 7.97. The molecule has 0 saturated heterocycles. The Balaban J connectivity index is 2.05. The average molecular weight is 162 g/mol. The van der Waals surface area contributed by atoms with E-state index in [0.717, 1.165) is 6.61 Å². The molecule has 64 valence electrons. The zero-order valence-electron chi connectivity index (χ0n) is 7.36. The highest BCUT2D eigenvalue weighted by Crippen LogP contribution is 2.43. The molecule has 1 aliphatic heterocycles. The predicted octanol–water partition coefficient (Wildman–Crippen LogP) is 2.94. The van der Waals surface area contributed by atoms with Crippen molar-refractivity contribution in [2.45, 2.75) is 38.5 Å². The molecule has 0 radical (unpaired) electrons. The molecule has 0 bridgehead atoms. The summed E-state index contributed by atoms with van der Waals surface area (Å²) < 4.78 is 5.69. The molecule has 1 heteroatoms. The Bertz CT molecular complexity index is 253. The fraction of sp³-hybridized carbons (Fsp3) is 0.636. The smallest absolute Gasteiger partial charge is 0.121 e. The van der Waals surface area contributed by atoms with Gasteiger partial charge in [-0.1, -0.05) is 5.57 Å². The SMILES string of the molecule is C1CC2=C(C1)C1=C(CCO1)CC2. The van der Waals surface area contributed by atoms with Crippen molar-refractivity contribution in [1.29, 1.82) is 0 Å². The molecule has 1 heterocycles. The highest BCUT2D eigenvalue weighted by molar-refractivity contribution is 5.42. The van der Waals surface area contributed by atoms with E-state index in [1.165, 1.54) is 44.3 Å². The molecule has 0 atom stereocenters. The number of fused-ring (bicyclic) bond motifs is 1. The van der Waals surface area contributed by atoms with Crippen molar-refractivity contribution in [2.24, 2.45) is 0 Å². The average Bonchev–Trinajstić information content (AvgIpc) is 2.71. The molecule has 0 saturated carbocycles. The summed E-state index contributed by atoms with van der Waals surface area (Å²) >= 11 is 0. The first kappa shape index (κ1) is 6.76. The Morgan fingerprint density at radius 2 is 1.75 bits per heavy atom. The molecule has 0 aromatic rings. The molecule has 2 aliphatic carbocycles. The second-order valence-electron chi connectivity index (χ2n) is 3.97. The fourth-order valence-corrected chi connectivity index (χ4v) is 2.69. The van der Waals surface area contributed by atoms with E-state index >= 15 is 0 Å². The molecule has 12 heavy (non-hydrogen) atoms. The summed E-state index contributed by atoms with van der Waals surface area (Å²) in [6, 6.07) is 0. The Labute approximate surface area is 73.1 Å². The first-order chi connectivity index (χ1) is 5.95. The van der Waals surface area contributed by atoms with E-state index in [2.05, 4.69) is 0 Å². The van der Waals surface area contributed by atoms with E-state index in [4.69, 9.17) is 4.74 Å².